The molecule has 7 nitrogen and oxygen atoms in total. The minimum absolute atomic E-state index is 0.0900. The van der Waals surface area contributed by atoms with E-state index in [1.54, 1.807) is 18.3 Å². The van der Waals surface area contributed by atoms with E-state index in [9.17, 15) is 18.4 Å². The maximum absolute atomic E-state index is 13.6. The molecule has 2 amide bonds. The summed E-state index contributed by atoms with van der Waals surface area (Å²) in [5.41, 5.74) is 2.82. The average molecular weight is 411 g/mol. The molecule has 1 aromatic carbocycles. The minimum atomic E-state index is -0.972. The number of anilines is 1. The van der Waals surface area contributed by atoms with E-state index < -0.39 is 17.5 Å². The van der Waals surface area contributed by atoms with Crippen LogP contribution in [0.2, 0.25) is 0 Å². The van der Waals surface area contributed by atoms with Crippen LogP contribution in [0.5, 0.6) is 0 Å². The molecule has 4 rings (SSSR count). The van der Waals surface area contributed by atoms with Gasteiger partial charge in [0.05, 0.1) is 17.6 Å². The monoisotopic (exact) mass is 411 g/mol. The topological polar surface area (TPSA) is 88.9 Å². The number of benzene rings is 1. The summed E-state index contributed by atoms with van der Waals surface area (Å²) < 4.78 is 28.4. The second-order valence-corrected chi connectivity index (χ2v) is 6.93. The zero-order valence-electron chi connectivity index (χ0n) is 16.0. The highest BCUT2D eigenvalue weighted by atomic mass is 19.2. The highest BCUT2D eigenvalue weighted by Gasteiger charge is 2.27. The quantitative estimate of drug-likeness (QED) is 0.653. The molecule has 2 heterocycles. The Morgan fingerprint density at radius 1 is 1.13 bits per heavy atom. The molecule has 0 spiro atoms. The van der Waals surface area contributed by atoms with Crippen LogP contribution >= 0.6 is 0 Å². The van der Waals surface area contributed by atoms with E-state index in [0.29, 0.717) is 24.2 Å². The molecule has 0 saturated carbocycles. The van der Waals surface area contributed by atoms with Gasteiger partial charge in [0.2, 0.25) is 5.91 Å². The smallest absolute Gasteiger partial charge is 0.272 e. The molecule has 1 aliphatic rings. The fourth-order valence-corrected chi connectivity index (χ4v) is 3.48. The standard InChI is InChI=1S/C21H19F2N5O2/c22-16-7-6-14(11-17(16)23)28-18-5-1-4-15(18)20(27-28)21(30)25-10-8-19(29)26-13-3-2-9-24-12-13/h2-3,6-7,9,11-12H,1,4-5,8,10H2,(H,25,30)(H,26,29). The SMILES string of the molecule is O=C(CCNC(=O)c1nn(-c2ccc(F)c(F)c2)c2c1CCC2)Nc1cccnc1. The zero-order chi connectivity index (χ0) is 21.1. The second-order valence-electron chi connectivity index (χ2n) is 6.93. The average Bonchev–Trinajstić information content (AvgIpc) is 3.33. The van der Waals surface area contributed by atoms with Crippen LogP contribution < -0.4 is 10.6 Å². The van der Waals surface area contributed by atoms with Crippen LogP contribution in [-0.4, -0.2) is 33.1 Å². The summed E-state index contributed by atoms with van der Waals surface area (Å²) in [6.07, 6.45) is 5.46. The number of fused-ring (bicyclic) bond motifs is 1. The molecule has 0 radical (unpaired) electrons. The van der Waals surface area contributed by atoms with Gasteiger partial charge in [0.1, 0.15) is 0 Å². The van der Waals surface area contributed by atoms with Crippen LogP contribution in [0.3, 0.4) is 0 Å². The van der Waals surface area contributed by atoms with Crippen LogP contribution in [0.15, 0.2) is 42.7 Å². The van der Waals surface area contributed by atoms with E-state index in [2.05, 4.69) is 20.7 Å². The van der Waals surface area contributed by atoms with Gasteiger partial charge >= 0.3 is 0 Å². The van der Waals surface area contributed by atoms with E-state index in [-0.39, 0.29) is 24.6 Å². The Bertz CT molecular complexity index is 1100. The van der Waals surface area contributed by atoms with Gasteiger partial charge in [-0.3, -0.25) is 14.6 Å². The lowest BCUT2D eigenvalue weighted by Crippen LogP contribution is -2.28. The van der Waals surface area contributed by atoms with E-state index in [4.69, 9.17) is 0 Å². The molecule has 0 aliphatic heterocycles. The first-order valence-electron chi connectivity index (χ1n) is 9.57. The highest BCUT2D eigenvalue weighted by molar-refractivity contribution is 5.95. The molecule has 0 atom stereocenters. The van der Waals surface area contributed by atoms with Crippen molar-refractivity contribution >= 4 is 17.5 Å². The first-order valence-corrected chi connectivity index (χ1v) is 9.57. The molecule has 0 fully saturated rings. The van der Waals surface area contributed by atoms with Crippen LogP contribution in [0.4, 0.5) is 14.5 Å². The number of nitrogens with one attached hydrogen (secondary N) is 2. The van der Waals surface area contributed by atoms with Gasteiger partial charge in [-0.1, -0.05) is 0 Å². The lowest BCUT2D eigenvalue weighted by Gasteiger charge is -2.07. The number of hydrogen-bond donors (Lipinski definition) is 2. The van der Waals surface area contributed by atoms with Gasteiger partial charge < -0.3 is 10.6 Å². The number of amides is 2. The van der Waals surface area contributed by atoms with E-state index >= 15 is 0 Å². The van der Waals surface area contributed by atoms with Crippen LogP contribution in [-0.2, 0) is 17.6 Å². The number of aromatic nitrogens is 3. The summed E-state index contributed by atoms with van der Waals surface area (Å²) in [6, 6.07) is 6.95. The van der Waals surface area contributed by atoms with Crippen molar-refractivity contribution in [1.82, 2.24) is 20.1 Å². The second kappa shape index (κ2) is 8.40. The molecule has 3 aromatic rings. The third-order valence-corrected chi connectivity index (χ3v) is 4.88. The number of rotatable bonds is 6. The molecule has 2 N–H and O–H groups in total. The van der Waals surface area contributed by atoms with Crippen molar-refractivity contribution in [2.24, 2.45) is 0 Å². The number of carbonyl (C=O) groups is 2. The molecule has 30 heavy (non-hydrogen) atoms. The molecule has 9 heteroatoms. The van der Waals surface area contributed by atoms with E-state index in [1.807, 2.05) is 0 Å². The Balaban J connectivity index is 1.43. The lowest BCUT2D eigenvalue weighted by atomic mass is 10.2. The summed E-state index contributed by atoms with van der Waals surface area (Å²) in [4.78, 5) is 28.6. The first-order chi connectivity index (χ1) is 14.5. The largest absolute Gasteiger partial charge is 0.350 e. The third kappa shape index (κ3) is 4.05. The molecule has 1 aliphatic carbocycles. The first kappa shape index (κ1) is 19.7. The predicted octanol–water partition coefficient (Wildman–Crippen LogP) is 2.79. The van der Waals surface area contributed by atoms with Crippen molar-refractivity contribution < 1.29 is 18.4 Å². The number of nitrogens with zero attached hydrogens (tertiary/aromatic N) is 3. The van der Waals surface area contributed by atoms with Crippen molar-refractivity contribution in [3.05, 3.63) is 71.3 Å². The summed E-state index contributed by atoms with van der Waals surface area (Å²) in [6.45, 7) is 0.137. The maximum Gasteiger partial charge on any atom is 0.272 e. The van der Waals surface area contributed by atoms with Crippen LogP contribution in [0.1, 0.15) is 34.6 Å². The molecule has 2 aromatic heterocycles. The predicted molar refractivity (Wildman–Crippen MR) is 105 cm³/mol. The number of halogens is 2. The summed E-state index contributed by atoms with van der Waals surface area (Å²) in [5.74, 6) is -2.56. The summed E-state index contributed by atoms with van der Waals surface area (Å²) in [7, 11) is 0. The Kier molecular flexibility index (Phi) is 5.51. The zero-order valence-corrected chi connectivity index (χ0v) is 16.0. The van der Waals surface area contributed by atoms with Crippen molar-refractivity contribution in [3.63, 3.8) is 0 Å². The fourth-order valence-electron chi connectivity index (χ4n) is 3.48. The van der Waals surface area contributed by atoms with Gasteiger partial charge in [-0.15, -0.1) is 0 Å². The Morgan fingerprint density at radius 3 is 2.77 bits per heavy atom. The molecule has 0 unspecified atom stereocenters. The van der Waals surface area contributed by atoms with Crippen molar-refractivity contribution in [1.29, 1.82) is 0 Å². The Labute approximate surface area is 171 Å². The number of carbonyl (C=O) groups excluding carboxylic acids is 2. The normalized spacial score (nSPS) is 12.5. The Hall–Kier alpha value is -3.62. The third-order valence-electron chi connectivity index (χ3n) is 4.88. The number of hydrogen-bond acceptors (Lipinski definition) is 4. The number of pyridine rings is 1. The van der Waals surface area contributed by atoms with Gasteiger partial charge in [-0.25, -0.2) is 13.5 Å². The van der Waals surface area contributed by atoms with Crippen LogP contribution in [0.25, 0.3) is 5.69 Å². The van der Waals surface area contributed by atoms with Crippen LogP contribution in [0, 0.1) is 11.6 Å². The molecular weight excluding hydrogens is 392 g/mol. The lowest BCUT2D eigenvalue weighted by molar-refractivity contribution is -0.116. The molecule has 0 saturated heterocycles. The van der Waals surface area contributed by atoms with E-state index in [0.717, 1.165) is 29.8 Å². The van der Waals surface area contributed by atoms with Gasteiger partial charge in [-0.05, 0) is 43.5 Å². The highest BCUT2D eigenvalue weighted by Crippen LogP contribution is 2.28. The van der Waals surface area contributed by atoms with Crippen molar-refractivity contribution in [2.75, 3.05) is 11.9 Å². The van der Waals surface area contributed by atoms with Crippen molar-refractivity contribution in [2.45, 2.75) is 25.7 Å². The molecular formula is C21H19F2N5O2. The minimum Gasteiger partial charge on any atom is -0.350 e. The van der Waals surface area contributed by atoms with Gasteiger partial charge in [0.15, 0.2) is 17.3 Å². The summed E-state index contributed by atoms with van der Waals surface area (Å²) >= 11 is 0. The van der Waals surface area contributed by atoms with Crippen molar-refractivity contribution in [3.8, 4) is 5.69 Å². The fraction of sp³-hybridized carbons (Fsp3) is 0.238. The van der Waals surface area contributed by atoms with Gasteiger partial charge in [-0.2, -0.15) is 5.10 Å². The maximum atomic E-state index is 13.6. The molecule has 0 bridgehead atoms. The molecule has 154 valence electrons. The summed E-state index contributed by atoms with van der Waals surface area (Å²) in [5, 5.41) is 9.74. The van der Waals surface area contributed by atoms with Gasteiger partial charge in [0.25, 0.3) is 5.91 Å². The Morgan fingerprint density at radius 2 is 2.00 bits per heavy atom. The van der Waals surface area contributed by atoms with Gasteiger partial charge in [0, 0.05) is 36.5 Å². The van der Waals surface area contributed by atoms with E-state index in [1.165, 1.54) is 16.9 Å².